The van der Waals surface area contributed by atoms with E-state index in [4.69, 9.17) is 21.8 Å². The second kappa shape index (κ2) is 4.64. The lowest BCUT2D eigenvalue weighted by atomic mass is 10.1. The van der Waals surface area contributed by atoms with Crippen LogP contribution in [0.3, 0.4) is 0 Å². The number of hydrogen-bond donors (Lipinski definition) is 2. The maximum Gasteiger partial charge on any atom is 0.348 e. The van der Waals surface area contributed by atoms with Crippen molar-refractivity contribution in [3.05, 3.63) is 44.8 Å². The highest BCUT2D eigenvalue weighted by Gasteiger charge is 2.26. The van der Waals surface area contributed by atoms with Crippen molar-refractivity contribution in [2.75, 3.05) is 0 Å². The summed E-state index contributed by atoms with van der Waals surface area (Å²) >= 11 is 6.26. The van der Waals surface area contributed by atoms with Gasteiger partial charge in [-0.05, 0) is 29.4 Å². The Morgan fingerprint density at radius 1 is 1.22 bits per heavy atom. The Labute approximate surface area is 110 Å². The Balaban J connectivity index is 2.68. The topological polar surface area (TPSA) is 87.5 Å². The first kappa shape index (κ1) is 12.4. The minimum absolute atomic E-state index is 0.0535. The average molecular weight is 282 g/mol. The summed E-state index contributed by atoms with van der Waals surface area (Å²) in [5.41, 5.74) is 5.24. The van der Waals surface area contributed by atoms with E-state index in [1.165, 1.54) is 12.2 Å². The molecule has 0 aliphatic heterocycles. The molecular formula is C11H4ClNO4S. The van der Waals surface area contributed by atoms with Gasteiger partial charge in [-0.3, -0.25) is 0 Å². The second-order valence-corrected chi connectivity index (χ2v) is 4.37. The average Bonchev–Trinajstić information content (AvgIpc) is 2.74. The summed E-state index contributed by atoms with van der Waals surface area (Å²) in [5.74, 6) is -2.67. The third-order valence-electron chi connectivity index (χ3n) is 2.07. The number of halogens is 1. The second-order valence-electron chi connectivity index (χ2n) is 3.19. The van der Waals surface area contributed by atoms with Crippen LogP contribution in [-0.2, 0) is 0 Å². The molecule has 5 nitrogen and oxygen atoms in total. The Morgan fingerprint density at radius 2 is 1.94 bits per heavy atom. The summed E-state index contributed by atoms with van der Waals surface area (Å²) in [6, 6.07) is 0. The van der Waals surface area contributed by atoms with Crippen molar-refractivity contribution >= 4 is 40.6 Å². The number of rotatable bonds is 3. The molecule has 1 aliphatic rings. The van der Waals surface area contributed by atoms with Gasteiger partial charge in [0, 0.05) is 0 Å². The molecule has 90 valence electrons. The summed E-state index contributed by atoms with van der Waals surface area (Å²) < 4.78 is 3.84. The number of carboxylic acid groups (broad SMARTS) is 2. The van der Waals surface area contributed by atoms with E-state index in [1.54, 1.807) is 0 Å². The summed E-state index contributed by atoms with van der Waals surface area (Å²) in [5, 5.41) is 18.3. The largest absolute Gasteiger partial charge is 0.478 e. The number of allylic oxidation sites excluding steroid dienone is 4. The van der Waals surface area contributed by atoms with Crippen molar-refractivity contribution in [2.45, 2.75) is 0 Å². The van der Waals surface area contributed by atoms with E-state index in [0.29, 0.717) is 22.1 Å². The van der Waals surface area contributed by atoms with E-state index in [9.17, 15) is 9.59 Å². The van der Waals surface area contributed by atoms with Gasteiger partial charge in [-0.2, -0.15) is 4.37 Å². The van der Waals surface area contributed by atoms with Gasteiger partial charge in [-0.1, -0.05) is 17.3 Å². The van der Waals surface area contributed by atoms with Gasteiger partial charge in [-0.15, -0.1) is 0 Å². The molecule has 1 aromatic rings. The highest BCUT2D eigenvalue weighted by molar-refractivity contribution is 7.08. The zero-order chi connectivity index (χ0) is 13.3. The molecule has 0 unspecified atom stereocenters. The molecule has 0 spiro atoms. The fourth-order valence-corrected chi connectivity index (χ4v) is 2.16. The van der Waals surface area contributed by atoms with Gasteiger partial charge in [0.05, 0.1) is 10.6 Å². The molecule has 1 heterocycles. The lowest BCUT2D eigenvalue weighted by Gasteiger charge is -1.99. The van der Waals surface area contributed by atoms with Crippen LogP contribution in [0.5, 0.6) is 0 Å². The monoisotopic (exact) mass is 281 g/mol. The van der Waals surface area contributed by atoms with E-state index < -0.39 is 11.9 Å². The van der Waals surface area contributed by atoms with Crippen molar-refractivity contribution in [2.24, 2.45) is 0 Å². The molecule has 0 radical (unpaired) electrons. The Kier molecular flexibility index (Phi) is 3.19. The third-order valence-corrected chi connectivity index (χ3v) is 3.12. The number of aromatic carboxylic acids is 2. The molecule has 1 aliphatic carbocycles. The molecule has 0 fully saturated rings. The van der Waals surface area contributed by atoms with Gasteiger partial charge in [0.15, 0.2) is 0 Å². The normalized spacial score (nSPS) is 13.2. The number of hydrogen-bond acceptors (Lipinski definition) is 4. The van der Waals surface area contributed by atoms with Gasteiger partial charge in [-0.25, -0.2) is 9.59 Å². The van der Waals surface area contributed by atoms with Gasteiger partial charge in [0.1, 0.15) is 16.1 Å². The van der Waals surface area contributed by atoms with E-state index in [0.717, 1.165) is 0 Å². The Bertz CT molecular complexity index is 688. The van der Waals surface area contributed by atoms with Gasteiger partial charge >= 0.3 is 11.9 Å². The maximum atomic E-state index is 11.1. The molecule has 0 amide bonds. The zero-order valence-corrected chi connectivity index (χ0v) is 10.2. The van der Waals surface area contributed by atoms with Crippen LogP contribution in [0.25, 0.3) is 5.57 Å². The first-order chi connectivity index (χ1) is 8.50. The molecule has 0 saturated carbocycles. The molecule has 1 aromatic heterocycles. The lowest BCUT2D eigenvalue weighted by Crippen LogP contribution is -2.06. The minimum Gasteiger partial charge on any atom is -0.478 e. The number of aromatic nitrogens is 1. The van der Waals surface area contributed by atoms with Crippen LogP contribution in [0.4, 0.5) is 0 Å². The fraction of sp³-hybridized carbons (Fsp3) is 0. The number of carboxylic acids is 2. The standard InChI is InChI=1S/C11H4ClNO4S/c12-6-3-1-5(2-4-6)8-7(10(14)15)9(11(16)17)18-13-8/h1,3H,(H,14,15)(H,16,17). The smallest absolute Gasteiger partial charge is 0.348 e. The number of carbonyl (C=O) groups is 2. The number of nitrogens with zero attached hydrogens (tertiary/aromatic N) is 1. The minimum atomic E-state index is -1.35. The summed E-state index contributed by atoms with van der Waals surface area (Å²) in [7, 11) is 0. The highest BCUT2D eigenvalue weighted by Crippen LogP contribution is 2.27. The molecule has 18 heavy (non-hydrogen) atoms. The van der Waals surface area contributed by atoms with Gasteiger partial charge in [0.25, 0.3) is 0 Å². The molecule has 0 aromatic carbocycles. The predicted octanol–water partition coefficient (Wildman–Crippen LogP) is 2.37. The van der Waals surface area contributed by atoms with Crippen molar-refractivity contribution in [1.29, 1.82) is 0 Å². The van der Waals surface area contributed by atoms with E-state index in [2.05, 4.69) is 15.8 Å². The van der Waals surface area contributed by atoms with Crippen LogP contribution in [0.1, 0.15) is 25.7 Å². The Hall–Kier alpha value is -2.10. The van der Waals surface area contributed by atoms with Crippen LogP contribution >= 0.6 is 23.1 Å². The van der Waals surface area contributed by atoms with Crippen LogP contribution in [-0.4, -0.2) is 26.5 Å². The van der Waals surface area contributed by atoms with Gasteiger partial charge < -0.3 is 10.2 Å². The SMILES string of the molecule is O=C(O)c1snc(C2=C=C=C(Cl)C=C2)c1C(=O)O. The van der Waals surface area contributed by atoms with Crippen LogP contribution in [0.2, 0.25) is 0 Å². The molecule has 0 saturated heterocycles. The lowest BCUT2D eigenvalue weighted by molar-refractivity contribution is 0.0656. The summed E-state index contributed by atoms with van der Waals surface area (Å²) in [6.45, 7) is 0. The van der Waals surface area contributed by atoms with Gasteiger partial charge in [0.2, 0.25) is 0 Å². The molecule has 7 heteroatoms. The first-order valence-electron chi connectivity index (χ1n) is 4.57. The van der Waals surface area contributed by atoms with E-state index in [-0.39, 0.29) is 16.1 Å². The molecule has 2 N–H and O–H groups in total. The third kappa shape index (κ3) is 2.14. The summed E-state index contributed by atoms with van der Waals surface area (Å²) in [6.07, 6.45) is 3.00. The first-order valence-corrected chi connectivity index (χ1v) is 5.72. The molecule has 0 atom stereocenters. The van der Waals surface area contributed by atoms with Crippen molar-refractivity contribution in [1.82, 2.24) is 4.37 Å². The van der Waals surface area contributed by atoms with Crippen LogP contribution in [0.15, 0.2) is 28.6 Å². The molecule has 0 bridgehead atoms. The highest BCUT2D eigenvalue weighted by atomic mass is 35.5. The quantitative estimate of drug-likeness (QED) is 0.831. The Morgan fingerprint density at radius 3 is 2.44 bits per heavy atom. The maximum absolute atomic E-state index is 11.1. The van der Waals surface area contributed by atoms with E-state index in [1.807, 2.05) is 0 Å². The fourth-order valence-electron chi connectivity index (χ4n) is 1.32. The van der Waals surface area contributed by atoms with Crippen LogP contribution in [0, 0.1) is 0 Å². The molecule has 2 rings (SSSR count). The van der Waals surface area contributed by atoms with Crippen LogP contribution < -0.4 is 0 Å². The van der Waals surface area contributed by atoms with Crippen molar-refractivity contribution in [3.8, 4) is 0 Å². The molecular weight excluding hydrogens is 278 g/mol. The zero-order valence-electron chi connectivity index (χ0n) is 8.60. The predicted molar refractivity (Wildman–Crippen MR) is 65.0 cm³/mol. The van der Waals surface area contributed by atoms with E-state index >= 15 is 0 Å². The van der Waals surface area contributed by atoms with Crippen molar-refractivity contribution in [3.63, 3.8) is 0 Å². The van der Waals surface area contributed by atoms with Crippen molar-refractivity contribution < 1.29 is 19.8 Å². The summed E-state index contributed by atoms with van der Waals surface area (Å²) in [4.78, 5) is 21.7.